The maximum absolute atomic E-state index is 9.63. The fourth-order valence-corrected chi connectivity index (χ4v) is 4.55. The van der Waals surface area contributed by atoms with Crippen molar-refractivity contribution in [1.29, 1.82) is 5.26 Å². The van der Waals surface area contributed by atoms with E-state index < -0.39 is 0 Å². The Bertz CT molecular complexity index is 276. The van der Waals surface area contributed by atoms with Crippen LogP contribution in [0.2, 0.25) is 0 Å². The van der Waals surface area contributed by atoms with Gasteiger partial charge in [0.15, 0.2) is 0 Å². The second-order valence-corrected chi connectivity index (χ2v) is 6.46. The lowest BCUT2D eigenvalue weighted by Crippen LogP contribution is -2.60. The first kappa shape index (κ1) is 11.3. The molecule has 0 spiro atoms. The third-order valence-electron chi connectivity index (χ3n) is 4.13. The van der Waals surface area contributed by atoms with Gasteiger partial charge >= 0.3 is 0 Å². The summed E-state index contributed by atoms with van der Waals surface area (Å²) in [6.07, 6.45) is 3.70. The summed E-state index contributed by atoms with van der Waals surface area (Å²) in [6.45, 7) is 6.79. The first-order chi connectivity index (χ1) is 7.12. The summed E-state index contributed by atoms with van der Waals surface area (Å²) in [4.78, 5) is 2.44. The van der Waals surface area contributed by atoms with Gasteiger partial charge in [-0.15, -0.1) is 0 Å². The molecule has 3 heteroatoms. The molecule has 2 aliphatic heterocycles. The maximum atomic E-state index is 9.63. The average Bonchev–Trinajstić information content (AvgIpc) is 2.71. The molecule has 15 heavy (non-hydrogen) atoms. The van der Waals surface area contributed by atoms with Crippen LogP contribution in [0.4, 0.5) is 0 Å². The lowest BCUT2D eigenvalue weighted by molar-refractivity contribution is 0.0593. The number of hydrogen-bond acceptors (Lipinski definition) is 3. The number of hydrogen-bond donors (Lipinski definition) is 0. The molecule has 2 rings (SSSR count). The van der Waals surface area contributed by atoms with Gasteiger partial charge in [0.05, 0.1) is 6.07 Å². The largest absolute Gasteiger partial charge is 0.284 e. The highest BCUT2D eigenvalue weighted by Crippen LogP contribution is 2.46. The molecule has 2 fully saturated rings. The van der Waals surface area contributed by atoms with Crippen LogP contribution in [0.25, 0.3) is 0 Å². The second-order valence-electron chi connectivity index (χ2n) is 5.35. The van der Waals surface area contributed by atoms with Crippen LogP contribution in [-0.2, 0) is 0 Å². The van der Waals surface area contributed by atoms with E-state index in [0.29, 0.717) is 0 Å². The van der Waals surface area contributed by atoms with E-state index in [2.05, 4.69) is 24.8 Å². The first-order valence-corrected chi connectivity index (χ1v) is 7.02. The number of rotatable bonds is 1. The molecule has 84 valence electrons. The molecule has 1 atom stereocenters. The predicted octanol–water partition coefficient (Wildman–Crippen LogP) is 2.51. The van der Waals surface area contributed by atoms with Gasteiger partial charge in [0.1, 0.15) is 5.54 Å². The van der Waals surface area contributed by atoms with Crippen LogP contribution in [0.3, 0.4) is 0 Å². The van der Waals surface area contributed by atoms with E-state index in [-0.39, 0.29) is 11.0 Å². The third kappa shape index (κ3) is 1.68. The predicted molar refractivity (Wildman–Crippen MR) is 64.9 cm³/mol. The lowest BCUT2D eigenvalue weighted by atomic mass is 9.70. The Labute approximate surface area is 97.0 Å². The van der Waals surface area contributed by atoms with Crippen LogP contribution < -0.4 is 0 Å². The summed E-state index contributed by atoms with van der Waals surface area (Å²) in [7, 11) is 0. The molecule has 2 saturated heterocycles. The van der Waals surface area contributed by atoms with Gasteiger partial charge in [-0.25, -0.2) is 0 Å². The zero-order chi connectivity index (χ0) is 10.9. The highest BCUT2D eigenvalue weighted by molar-refractivity contribution is 7.99. The van der Waals surface area contributed by atoms with Crippen molar-refractivity contribution in [3.05, 3.63) is 0 Å². The Morgan fingerprint density at radius 3 is 2.47 bits per heavy atom. The van der Waals surface area contributed by atoms with E-state index >= 15 is 0 Å². The van der Waals surface area contributed by atoms with Gasteiger partial charge in [-0.3, -0.25) is 4.90 Å². The van der Waals surface area contributed by atoms with Crippen LogP contribution in [0, 0.1) is 16.7 Å². The van der Waals surface area contributed by atoms with Crippen molar-refractivity contribution in [2.45, 2.75) is 38.6 Å². The molecule has 0 N–H and O–H groups in total. The normalized spacial score (nSPS) is 36.3. The summed E-state index contributed by atoms with van der Waals surface area (Å²) in [5.41, 5.74) is -0.0518. The molecular formula is C12H20N2S. The van der Waals surface area contributed by atoms with Crippen molar-refractivity contribution < 1.29 is 0 Å². The SMILES string of the molecule is CC1(C)CCSCC1(C#N)N1CCCC1. The molecular weight excluding hydrogens is 204 g/mol. The smallest absolute Gasteiger partial charge is 0.123 e. The van der Waals surface area contributed by atoms with Crippen LogP contribution in [0.1, 0.15) is 33.1 Å². The van der Waals surface area contributed by atoms with Gasteiger partial charge in [0, 0.05) is 5.75 Å². The highest BCUT2D eigenvalue weighted by Gasteiger charge is 2.52. The van der Waals surface area contributed by atoms with Gasteiger partial charge in [-0.2, -0.15) is 17.0 Å². The number of nitrogens with zero attached hydrogens (tertiary/aromatic N) is 2. The molecule has 2 heterocycles. The summed E-state index contributed by atoms with van der Waals surface area (Å²) in [6, 6.07) is 2.65. The van der Waals surface area contributed by atoms with Crippen LogP contribution in [0.15, 0.2) is 0 Å². The first-order valence-electron chi connectivity index (χ1n) is 5.86. The third-order valence-corrected chi connectivity index (χ3v) is 5.25. The Hall–Kier alpha value is -0.200. The van der Waals surface area contributed by atoms with Crippen molar-refractivity contribution in [2.24, 2.45) is 5.41 Å². The Balaban J connectivity index is 2.29. The molecule has 0 aromatic heterocycles. The minimum atomic E-state index is -0.202. The zero-order valence-electron chi connectivity index (χ0n) is 9.75. The van der Waals surface area contributed by atoms with E-state index in [1.165, 1.54) is 25.0 Å². The fraction of sp³-hybridized carbons (Fsp3) is 0.917. The average molecular weight is 224 g/mol. The van der Waals surface area contributed by atoms with Crippen LogP contribution in [0.5, 0.6) is 0 Å². The summed E-state index contributed by atoms with van der Waals surface area (Å²) < 4.78 is 0. The van der Waals surface area contributed by atoms with E-state index in [1.807, 2.05) is 11.8 Å². The van der Waals surface area contributed by atoms with Crippen molar-refractivity contribution >= 4 is 11.8 Å². The lowest BCUT2D eigenvalue weighted by Gasteiger charge is -2.50. The molecule has 0 bridgehead atoms. The topological polar surface area (TPSA) is 27.0 Å². The summed E-state index contributed by atoms with van der Waals surface area (Å²) in [5, 5.41) is 9.63. The minimum absolute atomic E-state index is 0.150. The quantitative estimate of drug-likeness (QED) is 0.685. The second kappa shape index (κ2) is 3.99. The van der Waals surface area contributed by atoms with Crippen molar-refractivity contribution in [2.75, 3.05) is 24.6 Å². The molecule has 2 aliphatic rings. The maximum Gasteiger partial charge on any atom is 0.123 e. The molecule has 0 amide bonds. The molecule has 1 unspecified atom stereocenters. The summed E-state index contributed by atoms with van der Waals surface area (Å²) >= 11 is 1.95. The Morgan fingerprint density at radius 2 is 1.93 bits per heavy atom. The molecule has 0 aromatic carbocycles. The van der Waals surface area contributed by atoms with Crippen LogP contribution in [-0.4, -0.2) is 35.0 Å². The van der Waals surface area contributed by atoms with Crippen molar-refractivity contribution in [3.8, 4) is 6.07 Å². The van der Waals surface area contributed by atoms with E-state index in [4.69, 9.17) is 0 Å². The van der Waals surface area contributed by atoms with Crippen molar-refractivity contribution in [1.82, 2.24) is 4.90 Å². The minimum Gasteiger partial charge on any atom is -0.284 e. The molecule has 0 aromatic rings. The number of nitriles is 1. The standard InChI is InChI=1S/C12H20N2S/c1-11(2)5-8-15-10-12(11,9-13)14-6-3-4-7-14/h3-8,10H2,1-2H3. The van der Waals surface area contributed by atoms with Gasteiger partial charge in [0.2, 0.25) is 0 Å². The number of thioether (sulfide) groups is 1. The molecule has 2 nitrogen and oxygen atoms in total. The van der Waals surface area contributed by atoms with Gasteiger partial charge < -0.3 is 0 Å². The monoisotopic (exact) mass is 224 g/mol. The molecule has 0 saturated carbocycles. The Morgan fingerprint density at radius 1 is 1.27 bits per heavy atom. The summed E-state index contributed by atoms with van der Waals surface area (Å²) in [5.74, 6) is 2.21. The van der Waals surface area contributed by atoms with Gasteiger partial charge in [-0.1, -0.05) is 13.8 Å². The number of likely N-dealkylation sites (tertiary alicyclic amines) is 1. The molecule has 0 radical (unpaired) electrons. The fourth-order valence-electron chi connectivity index (χ4n) is 2.82. The van der Waals surface area contributed by atoms with Gasteiger partial charge in [-0.05, 0) is 43.5 Å². The van der Waals surface area contributed by atoms with E-state index in [0.717, 1.165) is 18.8 Å². The zero-order valence-corrected chi connectivity index (χ0v) is 10.6. The van der Waals surface area contributed by atoms with E-state index in [9.17, 15) is 5.26 Å². The van der Waals surface area contributed by atoms with Crippen molar-refractivity contribution in [3.63, 3.8) is 0 Å². The molecule has 0 aliphatic carbocycles. The van der Waals surface area contributed by atoms with E-state index in [1.54, 1.807) is 0 Å². The Kier molecular flexibility index (Phi) is 3.00. The van der Waals surface area contributed by atoms with Gasteiger partial charge in [0.25, 0.3) is 0 Å². The highest BCUT2D eigenvalue weighted by atomic mass is 32.2. The van der Waals surface area contributed by atoms with Crippen LogP contribution >= 0.6 is 11.8 Å².